The number of nitrogens with one attached hydrogen (secondary N) is 1. The van der Waals surface area contributed by atoms with E-state index < -0.39 is 0 Å². The average molecular weight is 218 g/mol. The van der Waals surface area contributed by atoms with Crippen molar-refractivity contribution in [1.82, 2.24) is 10.3 Å². The van der Waals surface area contributed by atoms with Crippen LogP contribution in [-0.2, 0) is 0 Å². The molecular weight excluding hydrogens is 196 g/mol. The third-order valence-corrected chi connectivity index (χ3v) is 2.65. The van der Waals surface area contributed by atoms with Crippen molar-refractivity contribution in [2.24, 2.45) is 0 Å². The van der Waals surface area contributed by atoms with Crippen LogP contribution in [0.1, 0.15) is 44.0 Å². The topological polar surface area (TPSA) is 24.9 Å². The summed E-state index contributed by atoms with van der Waals surface area (Å²) in [4.78, 5) is 4.35. The van der Waals surface area contributed by atoms with Gasteiger partial charge in [-0.2, -0.15) is 0 Å². The molecular formula is C14H22N2. The van der Waals surface area contributed by atoms with Crippen molar-refractivity contribution < 1.29 is 0 Å². The smallest absolute Gasteiger partial charge is 0.0372 e. The Morgan fingerprint density at radius 3 is 2.75 bits per heavy atom. The van der Waals surface area contributed by atoms with E-state index in [1.807, 2.05) is 13.1 Å². The van der Waals surface area contributed by atoms with Crippen molar-refractivity contribution in [3.05, 3.63) is 41.7 Å². The van der Waals surface area contributed by atoms with Crippen molar-refractivity contribution in [3.63, 3.8) is 0 Å². The Morgan fingerprint density at radius 2 is 2.25 bits per heavy atom. The van der Waals surface area contributed by atoms with Crippen LogP contribution in [0, 0.1) is 6.92 Å². The van der Waals surface area contributed by atoms with Gasteiger partial charge in [0, 0.05) is 17.9 Å². The first kappa shape index (κ1) is 12.9. The third kappa shape index (κ3) is 4.15. The Balaban J connectivity index is 2.68. The molecule has 1 aromatic rings. The molecule has 0 aliphatic carbocycles. The van der Waals surface area contributed by atoms with Crippen LogP contribution in [0.25, 0.3) is 0 Å². The summed E-state index contributed by atoms with van der Waals surface area (Å²) in [6, 6.07) is 4.63. The molecule has 0 aliphatic heterocycles. The fourth-order valence-corrected chi connectivity index (χ4v) is 1.71. The van der Waals surface area contributed by atoms with Gasteiger partial charge in [-0.15, -0.1) is 6.58 Å². The zero-order valence-corrected chi connectivity index (χ0v) is 10.6. The van der Waals surface area contributed by atoms with E-state index in [4.69, 9.17) is 0 Å². The minimum atomic E-state index is 0.398. The average Bonchev–Trinajstić information content (AvgIpc) is 2.25. The predicted molar refractivity (Wildman–Crippen MR) is 69.4 cm³/mol. The molecule has 2 heteroatoms. The molecule has 2 nitrogen and oxygen atoms in total. The summed E-state index contributed by atoms with van der Waals surface area (Å²) >= 11 is 0. The molecule has 0 aliphatic rings. The largest absolute Gasteiger partial charge is 0.310 e. The van der Waals surface area contributed by atoms with E-state index in [1.165, 1.54) is 11.1 Å². The molecule has 1 aromatic heterocycles. The SMILES string of the molecule is C=C(C)CCC(NCC)c1ccc(C)nc1. The van der Waals surface area contributed by atoms with E-state index in [2.05, 4.69) is 42.9 Å². The molecule has 0 aromatic carbocycles. The van der Waals surface area contributed by atoms with Crippen LogP contribution < -0.4 is 5.32 Å². The number of nitrogens with zero attached hydrogens (tertiary/aromatic N) is 1. The predicted octanol–water partition coefficient (Wildman–Crippen LogP) is 3.40. The van der Waals surface area contributed by atoms with Gasteiger partial charge in [-0.1, -0.05) is 18.6 Å². The molecule has 0 spiro atoms. The summed E-state index contributed by atoms with van der Waals surface area (Å²) in [6.45, 7) is 11.2. The number of rotatable bonds is 6. The standard InChI is InChI=1S/C14H22N2/c1-5-15-14(9-6-11(2)3)13-8-7-12(4)16-10-13/h7-8,10,14-15H,2,5-6,9H2,1,3-4H3. The highest BCUT2D eigenvalue weighted by molar-refractivity contribution is 5.17. The monoisotopic (exact) mass is 218 g/mol. The number of hydrogen-bond donors (Lipinski definition) is 1. The Hall–Kier alpha value is -1.15. The lowest BCUT2D eigenvalue weighted by molar-refractivity contribution is 0.513. The first-order valence-corrected chi connectivity index (χ1v) is 5.93. The van der Waals surface area contributed by atoms with E-state index >= 15 is 0 Å². The van der Waals surface area contributed by atoms with Gasteiger partial charge in [0.25, 0.3) is 0 Å². The van der Waals surface area contributed by atoms with Gasteiger partial charge in [0.15, 0.2) is 0 Å². The van der Waals surface area contributed by atoms with Crippen molar-refractivity contribution in [1.29, 1.82) is 0 Å². The molecule has 0 saturated heterocycles. The number of hydrogen-bond acceptors (Lipinski definition) is 2. The highest BCUT2D eigenvalue weighted by atomic mass is 14.9. The molecule has 1 rings (SSSR count). The number of aromatic nitrogens is 1. The molecule has 0 fully saturated rings. The van der Waals surface area contributed by atoms with Gasteiger partial charge in [0.1, 0.15) is 0 Å². The first-order valence-electron chi connectivity index (χ1n) is 5.93. The number of aryl methyl sites for hydroxylation is 1. The van der Waals surface area contributed by atoms with Crippen LogP contribution >= 0.6 is 0 Å². The first-order chi connectivity index (χ1) is 7.63. The molecule has 1 atom stereocenters. The third-order valence-electron chi connectivity index (χ3n) is 2.65. The molecule has 0 amide bonds. The molecule has 1 unspecified atom stereocenters. The Kier molecular flexibility index (Phi) is 5.20. The Morgan fingerprint density at radius 1 is 1.50 bits per heavy atom. The maximum Gasteiger partial charge on any atom is 0.0372 e. The second-order valence-corrected chi connectivity index (χ2v) is 4.34. The molecule has 88 valence electrons. The molecule has 0 radical (unpaired) electrons. The minimum absolute atomic E-state index is 0.398. The van der Waals surface area contributed by atoms with E-state index in [-0.39, 0.29) is 0 Å². The van der Waals surface area contributed by atoms with Crippen LogP contribution in [-0.4, -0.2) is 11.5 Å². The zero-order chi connectivity index (χ0) is 12.0. The van der Waals surface area contributed by atoms with Crippen molar-refractivity contribution in [2.45, 2.75) is 39.7 Å². The summed E-state index contributed by atoms with van der Waals surface area (Å²) in [5, 5.41) is 3.49. The quantitative estimate of drug-likeness (QED) is 0.740. The van der Waals surface area contributed by atoms with Crippen LogP contribution in [0.4, 0.5) is 0 Å². The molecule has 16 heavy (non-hydrogen) atoms. The van der Waals surface area contributed by atoms with Gasteiger partial charge in [-0.05, 0) is 44.9 Å². The summed E-state index contributed by atoms with van der Waals surface area (Å²) in [5.74, 6) is 0. The summed E-state index contributed by atoms with van der Waals surface area (Å²) in [6.07, 6.45) is 4.13. The van der Waals surface area contributed by atoms with Crippen molar-refractivity contribution in [3.8, 4) is 0 Å². The van der Waals surface area contributed by atoms with Gasteiger partial charge >= 0.3 is 0 Å². The van der Waals surface area contributed by atoms with Crippen molar-refractivity contribution in [2.75, 3.05) is 6.54 Å². The van der Waals surface area contributed by atoms with E-state index in [9.17, 15) is 0 Å². The maximum absolute atomic E-state index is 4.35. The normalized spacial score (nSPS) is 12.4. The highest BCUT2D eigenvalue weighted by Gasteiger charge is 2.09. The van der Waals surface area contributed by atoms with E-state index in [0.29, 0.717) is 6.04 Å². The van der Waals surface area contributed by atoms with E-state index in [0.717, 1.165) is 25.1 Å². The fraction of sp³-hybridized carbons (Fsp3) is 0.500. The lowest BCUT2D eigenvalue weighted by Gasteiger charge is -2.18. The zero-order valence-electron chi connectivity index (χ0n) is 10.6. The van der Waals surface area contributed by atoms with Crippen LogP contribution in [0.5, 0.6) is 0 Å². The van der Waals surface area contributed by atoms with E-state index in [1.54, 1.807) is 0 Å². The number of pyridine rings is 1. The molecule has 1 heterocycles. The molecule has 1 N–H and O–H groups in total. The van der Waals surface area contributed by atoms with Gasteiger partial charge in [0.2, 0.25) is 0 Å². The Labute approximate surface area is 98.8 Å². The number of allylic oxidation sites excluding steroid dienone is 1. The van der Waals surface area contributed by atoms with Crippen LogP contribution in [0.2, 0.25) is 0 Å². The maximum atomic E-state index is 4.35. The Bertz CT molecular complexity index is 327. The summed E-state index contributed by atoms with van der Waals surface area (Å²) in [5.41, 5.74) is 3.58. The summed E-state index contributed by atoms with van der Waals surface area (Å²) < 4.78 is 0. The highest BCUT2D eigenvalue weighted by Crippen LogP contribution is 2.19. The lowest BCUT2D eigenvalue weighted by atomic mass is 10.0. The molecule has 0 saturated carbocycles. The van der Waals surface area contributed by atoms with Crippen molar-refractivity contribution >= 4 is 0 Å². The van der Waals surface area contributed by atoms with Crippen LogP contribution in [0.15, 0.2) is 30.5 Å². The van der Waals surface area contributed by atoms with Crippen LogP contribution in [0.3, 0.4) is 0 Å². The van der Waals surface area contributed by atoms with Gasteiger partial charge in [0.05, 0.1) is 0 Å². The summed E-state index contributed by atoms with van der Waals surface area (Å²) in [7, 11) is 0. The van der Waals surface area contributed by atoms with Gasteiger partial charge in [-0.3, -0.25) is 4.98 Å². The minimum Gasteiger partial charge on any atom is -0.310 e. The van der Waals surface area contributed by atoms with Gasteiger partial charge in [-0.25, -0.2) is 0 Å². The second-order valence-electron chi connectivity index (χ2n) is 4.34. The fourth-order valence-electron chi connectivity index (χ4n) is 1.71. The second kappa shape index (κ2) is 6.44. The lowest BCUT2D eigenvalue weighted by Crippen LogP contribution is -2.21. The van der Waals surface area contributed by atoms with Gasteiger partial charge < -0.3 is 5.32 Å². The molecule has 0 bridgehead atoms.